The monoisotopic (exact) mass is 648 g/mol. The number of rotatable bonds is 5. The molecule has 2 amide bonds. The van der Waals surface area contributed by atoms with Gasteiger partial charge in [0.15, 0.2) is 0 Å². The Balaban J connectivity index is 1.34. The number of pyridine rings is 1. The fourth-order valence-corrected chi connectivity index (χ4v) is 7.53. The number of hydrogen-bond acceptors (Lipinski definition) is 7. The predicted octanol–water partition coefficient (Wildman–Crippen LogP) is 3.40. The highest BCUT2D eigenvalue weighted by molar-refractivity contribution is 6.30. The van der Waals surface area contributed by atoms with Crippen LogP contribution in [0.5, 0.6) is 0 Å². The van der Waals surface area contributed by atoms with Crippen molar-refractivity contribution in [1.29, 1.82) is 0 Å². The number of imidazole rings is 1. The Morgan fingerprint density at radius 3 is 2.63 bits per heavy atom. The number of β-amino-alcohol motifs (C(OH)–C–C–N with tert-alkyl or cyclic N) is 1. The zero-order valence-electron chi connectivity index (χ0n) is 27.2. The Bertz CT molecular complexity index is 1600. The van der Waals surface area contributed by atoms with Crippen LogP contribution in [-0.2, 0) is 29.0 Å². The molecule has 3 aromatic rings. The maximum atomic E-state index is 14.6. The number of aryl methyl sites for hydroxylation is 3. The van der Waals surface area contributed by atoms with Gasteiger partial charge >= 0.3 is 0 Å². The van der Waals surface area contributed by atoms with Crippen molar-refractivity contribution in [3.8, 4) is 0 Å². The highest BCUT2D eigenvalue weighted by Gasteiger charge is 2.46. The van der Waals surface area contributed by atoms with Gasteiger partial charge in [-0.1, -0.05) is 44.5 Å². The molecule has 0 saturated carbocycles. The van der Waals surface area contributed by atoms with E-state index in [2.05, 4.69) is 22.0 Å². The number of nitrogens with zero attached hydrogens (tertiary/aromatic N) is 6. The topological polar surface area (TPSA) is 115 Å². The number of carbonyl (C=O) groups is 2. The fraction of sp³-hybridized carbons (Fsp3) is 0.543. The average Bonchev–Trinajstić information content (AvgIpc) is 3.35. The summed E-state index contributed by atoms with van der Waals surface area (Å²) in [7, 11) is 0. The minimum Gasteiger partial charge on any atom is -0.386 e. The van der Waals surface area contributed by atoms with Crippen molar-refractivity contribution in [3.63, 3.8) is 0 Å². The van der Waals surface area contributed by atoms with E-state index in [0.29, 0.717) is 37.5 Å². The Hall–Kier alpha value is -3.31. The number of aromatic nitrogens is 3. The summed E-state index contributed by atoms with van der Waals surface area (Å²) in [6, 6.07) is 8.98. The second kappa shape index (κ2) is 12.7. The van der Waals surface area contributed by atoms with Gasteiger partial charge in [-0.3, -0.25) is 19.5 Å². The van der Waals surface area contributed by atoms with E-state index < -0.39 is 29.1 Å². The summed E-state index contributed by atoms with van der Waals surface area (Å²) >= 11 is 6.45. The number of piperazine rings is 1. The molecule has 2 unspecified atom stereocenters. The third-order valence-electron chi connectivity index (χ3n) is 9.75. The third kappa shape index (κ3) is 6.58. The van der Waals surface area contributed by atoms with E-state index in [0.717, 1.165) is 40.9 Å². The summed E-state index contributed by atoms with van der Waals surface area (Å²) in [6.07, 6.45) is 6.98. The Morgan fingerprint density at radius 2 is 1.89 bits per heavy atom. The molecule has 0 radical (unpaired) electrons. The van der Waals surface area contributed by atoms with Crippen LogP contribution in [0.2, 0.25) is 5.02 Å². The van der Waals surface area contributed by atoms with E-state index in [1.165, 1.54) is 0 Å². The molecule has 4 heterocycles. The lowest BCUT2D eigenvalue weighted by atomic mass is 9.87. The van der Waals surface area contributed by atoms with Crippen LogP contribution in [-0.4, -0.2) is 102 Å². The first-order valence-corrected chi connectivity index (χ1v) is 16.6. The van der Waals surface area contributed by atoms with Crippen LogP contribution in [0.3, 0.4) is 0 Å². The minimum atomic E-state index is -1.26. The lowest BCUT2D eigenvalue weighted by molar-refractivity contribution is -0.161. The first kappa shape index (κ1) is 32.6. The summed E-state index contributed by atoms with van der Waals surface area (Å²) < 4.78 is 1.86. The van der Waals surface area contributed by atoms with Gasteiger partial charge in [-0.15, -0.1) is 0 Å². The number of amides is 2. The first-order valence-electron chi connectivity index (χ1n) is 16.3. The number of halogens is 1. The molecule has 3 aliphatic rings. The highest BCUT2D eigenvalue weighted by Crippen LogP contribution is 2.38. The summed E-state index contributed by atoms with van der Waals surface area (Å²) in [5, 5.41) is 23.4. The standard InChI is InChI=1S/C35H45ClN6O4/c1-23-18-39(22-38-23)20-35(46)12-6-14-41(21-35)32(44)28-19-40(15-16-42(28)33(45)31(43)34(2,3)4)30-27-11-10-26(36)17-25(27)9-8-24-7-5-13-37-29(24)30/h5,7,10-11,13,17-18,22,28,30-31,43,46H,6,8-9,12,14-16,19-21H2,1-4H3/t28-,30+,31?,35?/m1/s1. The molecule has 0 spiro atoms. The normalized spacial score (nSPS) is 24.6. The molecule has 2 saturated heterocycles. The summed E-state index contributed by atoms with van der Waals surface area (Å²) in [5.41, 5.74) is 3.39. The van der Waals surface area contributed by atoms with E-state index in [1.807, 2.05) is 62.9 Å². The van der Waals surface area contributed by atoms with E-state index in [9.17, 15) is 19.8 Å². The molecule has 1 aromatic carbocycles. The van der Waals surface area contributed by atoms with Crippen LogP contribution >= 0.6 is 11.6 Å². The molecule has 2 aromatic heterocycles. The second-order valence-corrected chi connectivity index (χ2v) is 14.8. The third-order valence-corrected chi connectivity index (χ3v) is 9.99. The highest BCUT2D eigenvalue weighted by atomic mass is 35.5. The Kier molecular flexibility index (Phi) is 9.02. The van der Waals surface area contributed by atoms with Crippen LogP contribution in [0.25, 0.3) is 0 Å². The molecule has 1 aliphatic carbocycles. The number of likely N-dealkylation sites (tertiary alicyclic amines) is 1. The van der Waals surface area contributed by atoms with Gasteiger partial charge in [0, 0.05) is 43.6 Å². The van der Waals surface area contributed by atoms with Crippen molar-refractivity contribution >= 4 is 23.4 Å². The lowest BCUT2D eigenvalue weighted by Gasteiger charge is -2.48. The molecule has 2 N–H and O–H groups in total. The van der Waals surface area contributed by atoms with Gasteiger partial charge < -0.3 is 24.6 Å². The molecule has 2 fully saturated rings. The molecular formula is C35H45ClN6O4. The number of carbonyl (C=O) groups excluding carboxylic acids is 2. The Morgan fingerprint density at radius 1 is 1.11 bits per heavy atom. The van der Waals surface area contributed by atoms with Gasteiger partial charge in [-0.25, -0.2) is 4.98 Å². The largest absolute Gasteiger partial charge is 0.386 e. The molecule has 4 atom stereocenters. The molecule has 46 heavy (non-hydrogen) atoms. The van der Waals surface area contributed by atoms with Gasteiger partial charge in [0.1, 0.15) is 17.7 Å². The Labute approximate surface area is 276 Å². The number of fused-ring (bicyclic) bond motifs is 2. The van der Waals surface area contributed by atoms with Gasteiger partial charge in [-0.05, 0) is 72.9 Å². The molecule has 6 rings (SSSR count). The van der Waals surface area contributed by atoms with Crippen molar-refractivity contribution in [2.75, 3.05) is 32.7 Å². The maximum absolute atomic E-state index is 14.6. The fourth-order valence-electron chi connectivity index (χ4n) is 7.33. The minimum absolute atomic E-state index is 0.151. The van der Waals surface area contributed by atoms with Crippen LogP contribution in [0.4, 0.5) is 0 Å². The van der Waals surface area contributed by atoms with Gasteiger partial charge in [0.25, 0.3) is 5.91 Å². The first-order chi connectivity index (χ1) is 21.8. The summed E-state index contributed by atoms with van der Waals surface area (Å²) in [5.74, 6) is -0.663. The van der Waals surface area contributed by atoms with Crippen molar-refractivity contribution in [1.82, 2.24) is 29.2 Å². The summed E-state index contributed by atoms with van der Waals surface area (Å²) in [4.78, 5) is 43.1. The van der Waals surface area contributed by atoms with Gasteiger partial charge in [-0.2, -0.15) is 0 Å². The second-order valence-electron chi connectivity index (χ2n) is 14.4. The van der Waals surface area contributed by atoms with E-state index in [4.69, 9.17) is 16.6 Å². The number of aliphatic hydroxyl groups is 2. The van der Waals surface area contributed by atoms with E-state index in [-0.39, 0.29) is 31.6 Å². The van der Waals surface area contributed by atoms with E-state index in [1.54, 1.807) is 16.1 Å². The lowest BCUT2D eigenvalue weighted by Crippen LogP contribution is -2.65. The molecule has 2 aliphatic heterocycles. The average molecular weight is 649 g/mol. The van der Waals surface area contributed by atoms with Crippen LogP contribution in [0.15, 0.2) is 49.1 Å². The zero-order chi connectivity index (χ0) is 32.8. The van der Waals surface area contributed by atoms with Gasteiger partial charge in [0.2, 0.25) is 5.91 Å². The van der Waals surface area contributed by atoms with Crippen molar-refractivity contribution in [3.05, 3.63) is 82.2 Å². The molecule has 11 heteroatoms. The van der Waals surface area contributed by atoms with Crippen molar-refractivity contribution in [2.45, 2.75) is 83.7 Å². The molecular weight excluding hydrogens is 604 g/mol. The number of aliphatic hydroxyl groups excluding tert-OH is 1. The van der Waals surface area contributed by atoms with Crippen molar-refractivity contribution in [2.24, 2.45) is 5.41 Å². The molecule has 10 nitrogen and oxygen atoms in total. The van der Waals surface area contributed by atoms with Gasteiger partial charge in [0.05, 0.1) is 36.8 Å². The quantitative estimate of drug-likeness (QED) is 0.436. The maximum Gasteiger partial charge on any atom is 0.252 e. The van der Waals surface area contributed by atoms with Crippen LogP contribution < -0.4 is 0 Å². The number of piperidine rings is 1. The van der Waals surface area contributed by atoms with E-state index >= 15 is 0 Å². The smallest absolute Gasteiger partial charge is 0.252 e. The SMILES string of the molecule is Cc1cn(CC2(O)CCCN(C(=O)[C@H]3CN([C@H]4c5ccc(Cl)cc5CCc5cccnc54)CCN3C(=O)C(O)C(C)(C)C)C2)cn1. The number of hydrogen-bond donors (Lipinski definition) is 2. The zero-order valence-corrected chi connectivity index (χ0v) is 28.0. The van der Waals surface area contributed by atoms with Crippen LogP contribution in [0.1, 0.15) is 67.7 Å². The van der Waals surface area contributed by atoms with Crippen molar-refractivity contribution < 1.29 is 19.8 Å². The van der Waals surface area contributed by atoms with Crippen LogP contribution in [0, 0.1) is 12.3 Å². The predicted molar refractivity (Wildman–Crippen MR) is 175 cm³/mol. The number of benzene rings is 1. The molecule has 0 bridgehead atoms. The molecule has 246 valence electrons. The summed E-state index contributed by atoms with van der Waals surface area (Å²) in [6.45, 7) is 9.36.